The lowest BCUT2D eigenvalue weighted by Gasteiger charge is -2.21. The topological polar surface area (TPSA) is 101 Å². The number of sulfonamides is 1. The Labute approximate surface area is 164 Å². The van der Waals surface area contributed by atoms with Gasteiger partial charge in [0.1, 0.15) is 5.69 Å². The molecule has 3 aromatic rings. The van der Waals surface area contributed by atoms with Crippen molar-refractivity contribution >= 4 is 26.7 Å². The van der Waals surface area contributed by atoms with Crippen molar-refractivity contribution in [3.05, 3.63) is 66.2 Å². The van der Waals surface area contributed by atoms with Gasteiger partial charge < -0.3 is 9.67 Å². The average molecular weight is 401 g/mol. The Bertz CT molecular complexity index is 1080. The highest BCUT2D eigenvalue weighted by molar-refractivity contribution is 7.89. The first-order valence-corrected chi connectivity index (χ1v) is 10.8. The maximum Gasteiger partial charge on any atom is 0.284 e. The minimum atomic E-state index is -3.66. The molecular weight excluding hydrogens is 378 g/mol. The number of nitrogens with one attached hydrogen (secondary N) is 1. The molecule has 0 bridgehead atoms. The van der Waals surface area contributed by atoms with Crippen molar-refractivity contribution in [2.75, 3.05) is 6.26 Å². The van der Waals surface area contributed by atoms with Gasteiger partial charge in [-0.05, 0) is 36.1 Å². The Morgan fingerprint density at radius 3 is 2.64 bits per heavy atom. The summed E-state index contributed by atoms with van der Waals surface area (Å²) in [6.07, 6.45) is 4.51. The van der Waals surface area contributed by atoms with Crippen LogP contribution < -0.4 is 4.72 Å². The van der Waals surface area contributed by atoms with Gasteiger partial charge in [0.25, 0.3) is 5.91 Å². The van der Waals surface area contributed by atoms with Gasteiger partial charge in [-0.15, -0.1) is 0 Å². The molecule has 1 heterocycles. The fourth-order valence-corrected chi connectivity index (χ4v) is 3.75. The SMILES string of the molecule is C[C@H](O)[C@@H](CCc1cccc2ccccc12)n1cnc(C(=O)NS(C)(=O)=O)c1. The number of aliphatic hydroxyl groups excluding tert-OH is 1. The number of carbonyl (C=O) groups is 1. The van der Waals surface area contributed by atoms with E-state index in [1.165, 1.54) is 23.5 Å². The molecule has 8 heteroatoms. The van der Waals surface area contributed by atoms with E-state index in [-0.39, 0.29) is 11.7 Å². The number of rotatable bonds is 7. The Morgan fingerprint density at radius 2 is 1.93 bits per heavy atom. The average Bonchev–Trinajstić information content (AvgIpc) is 3.10. The van der Waals surface area contributed by atoms with Crippen LogP contribution in [0.15, 0.2) is 55.0 Å². The first kappa shape index (κ1) is 20.0. The van der Waals surface area contributed by atoms with Crippen molar-refractivity contribution in [2.24, 2.45) is 0 Å². The standard InChI is InChI=1S/C20H23N3O4S/c1-14(24)19(23-12-18(21-13-23)20(25)22-28(2,26)27)11-10-16-8-5-7-15-6-3-4-9-17(15)16/h3-9,12-14,19,24H,10-11H2,1-2H3,(H,22,25)/t14-,19+/m0/s1. The van der Waals surface area contributed by atoms with Gasteiger partial charge in [0.2, 0.25) is 10.0 Å². The van der Waals surface area contributed by atoms with Crippen molar-refractivity contribution in [1.29, 1.82) is 0 Å². The van der Waals surface area contributed by atoms with Crippen LogP contribution in [-0.2, 0) is 16.4 Å². The van der Waals surface area contributed by atoms with E-state index in [1.54, 1.807) is 11.5 Å². The first-order chi connectivity index (χ1) is 13.2. The third-order valence-corrected chi connectivity index (χ3v) is 5.20. The zero-order valence-electron chi connectivity index (χ0n) is 15.7. The fourth-order valence-electron chi connectivity index (χ4n) is 3.31. The van der Waals surface area contributed by atoms with Crippen LogP contribution in [0, 0.1) is 0 Å². The van der Waals surface area contributed by atoms with Gasteiger partial charge in [0.15, 0.2) is 0 Å². The van der Waals surface area contributed by atoms with Crippen molar-refractivity contribution in [1.82, 2.24) is 14.3 Å². The summed E-state index contributed by atoms with van der Waals surface area (Å²) in [5, 5.41) is 12.6. The van der Waals surface area contributed by atoms with Gasteiger partial charge in [-0.2, -0.15) is 0 Å². The number of aliphatic hydroxyl groups is 1. The summed E-state index contributed by atoms with van der Waals surface area (Å²) in [6, 6.07) is 14.0. The Morgan fingerprint density at radius 1 is 1.21 bits per heavy atom. The number of fused-ring (bicyclic) bond motifs is 1. The Kier molecular flexibility index (Phi) is 5.81. The first-order valence-electron chi connectivity index (χ1n) is 8.95. The molecule has 2 aromatic carbocycles. The van der Waals surface area contributed by atoms with Crippen LogP contribution in [0.4, 0.5) is 0 Å². The lowest BCUT2D eigenvalue weighted by Crippen LogP contribution is -2.29. The van der Waals surface area contributed by atoms with Crippen molar-refractivity contribution in [3.8, 4) is 0 Å². The molecule has 148 valence electrons. The molecule has 28 heavy (non-hydrogen) atoms. The van der Waals surface area contributed by atoms with E-state index in [0.717, 1.165) is 18.1 Å². The van der Waals surface area contributed by atoms with Gasteiger partial charge in [-0.1, -0.05) is 42.5 Å². The molecule has 0 saturated heterocycles. The molecule has 0 aliphatic heterocycles. The number of amides is 1. The molecule has 0 spiro atoms. The summed E-state index contributed by atoms with van der Waals surface area (Å²) in [5.41, 5.74) is 1.17. The van der Waals surface area contributed by atoms with Gasteiger partial charge in [-0.3, -0.25) is 4.79 Å². The van der Waals surface area contributed by atoms with Crippen molar-refractivity contribution in [3.63, 3.8) is 0 Å². The number of hydrogen-bond acceptors (Lipinski definition) is 5. The molecule has 0 aliphatic rings. The number of aromatic nitrogens is 2. The lowest BCUT2D eigenvalue weighted by atomic mass is 9.97. The van der Waals surface area contributed by atoms with Crippen LogP contribution in [-0.4, -0.2) is 41.3 Å². The molecule has 1 aromatic heterocycles. The molecule has 7 nitrogen and oxygen atoms in total. The summed E-state index contributed by atoms with van der Waals surface area (Å²) in [6.45, 7) is 1.68. The Balaban J connectivity index is 1.78. The van der Waals surface area contributed by atoms with Gasteiger partial charge in [0.05, 0.1) is 24.7 Å². The highest BCUT2D eigenvalue weighted by Gasteiger charge is 2.20. The summed E-state index contributed by atoms with van der Waals surface area (Å²) in [5.74, 6) is -0.792. The van der Waals surface area contributed by atoms with E-state index in [9.17, 15) is 18.3 Å². The second-order valence-electron chi connectivity index (χ2n) is 6.89. The van der Waals surface area contributed by atoms with Crippen LogP contribution >= 0.6 is 0 Å². The summed E-state index contributed by atoms with van der Waals surface area (Å²) in [4.78, 5) is 15.9. The molecule has 0 fully saturated rings. The number of carbonyl (C=O) groups excluding carboxylic acids is 1. The third-order valence-electron chi connectivity index (χ3n) is 4.64. The number of hydrogen-bond donors (Lipinski definition) is 2. The van der Waals surface area contributed by atoms with Crippen molar-refractivity contribution < 1.29 is 18.3 Å². The van der Waals surface area contributed by atoms with Crippen LogP contribution in [0.3, 0.4) is 0 Å². The van der Waals surface area contributed by atoms with Gasteiger partial charge in [0, 0.05) is 6.20 Å². The molecule has 0 aliphatic carbocycles. The third kappa shape index (κ3) is 4.76. The van der Waals surface area contributed by atoms with Crippen LogP contribution in [0.5, 0.6) is 0 Å². The second kappa shape index (κ2) is 8.12. The highest BCUT2D eigenvalue weighted by atomic mass is 32.2. The monoisotopic (exact) mass is 401 g/mol. The minimum absolute atomic E-state index is 0.0127. The second-order valence-corrected chi connectivity index (χ2v) is 8.64. The molecule has 0 unspecified atom stereocenters. The number of imidazole rings is 1. The molecule has 0 radical (unpaired) electrons. The van der Waals surface area contributed by atoms with Crippen LogP contribution in [0.1, 0.15) is 35.4 Å². The zero-order valence-corrected chi connectivity index (χ0v) is 16.6. The molecule has 0 saturated carbocycles. The van der Waals surface area contributed by atoms with Crippen LogP contribution in [0.25, 0.3) is 10.8 Å². The number of aryl methyl sites for hydroxylation is 1. The molecular formula is C20H23N3O4S. The van der Waals surface area contributed by atoms with Gasteiger partial charge >= 0.3 is 0 Å². The van der Waals surface area contributed by atoms with E-state index in [4.69, 9.17) is 0 Å². The van der Waals surface area contributed by atoms with E-state index in [1.807, 2.05) is 22.9 Å². The maximum absolute atomic E-state index is 12.0. The quantitative estimate of drug-likeness (QED) is 0.632. The highest BCUT2D eigenvalue weighted by Crippen LogP contribution is 2.24. The molecule has 1 amide bonds. The van der Waals surface area contributed by atoms with Crippen LogP contribution in [0.2, 0.25) is 0 Å². The fraction of sp³-hybridized carbons (Fsp3) is 0.300. The number of benzene rings is 2. The molecule has 2 N–H and O–H groups in total. The predicted molar refractivity (Wildman–Crippen MR) is 108 cm³/mol. The lowest BCUT2D eigenvalue weighted by molar-refractivity contribution is 0.0975. The van der Waals surface area contributed by atoms with Crippen molar-refractivity contribution in [2.45, 2.75) is 31.9 Å². The number of nitrogens with zero attached hydrogens (tertiary/aromatic N) is 2. The maximum atomic E-state index is 12.0. The van der Waals surface area contributed by atoms with E-state index < -0.39 is 22.0 Å². The summed E-state index contributed by atoms with van der Waals surface area (Å²) < 4.78 is 26.0. The molecule has 2 atom stereocenters. The summed E-state index contributed by atoms with van der Waals surface area (Å²) in [7, 11) is -3.66. The minimum Gasteiger partial charge on any atom is -0.391 e. The van der Waals surface area contributed by atoms with E-state index in [2.05, 4.69) is 29.2 Å². The predicted octanol–water partition coefficient (Wildman–Crippen LogP) is 2.28. The Hall–Kier alpha value is -2.71. The zero-order chi connectivity index (χ0) is 20.3. The van der Waals surface area contributed by atoms with E-state index >= 15 is 0 Å². The normalized spacial score (nSPS) is 14.0. The smallest absolute Gasteiger partial charge is 0.284 e. The summed E-state index contributed by atoms with van der Waals surface area (Å²) >= 11 is 0. The van der Waals surface area contributed by atoms with E-state index in [0.29, 0.717) is 6.42 Å². The molecule has 3 rings (SSSR count). The van der Waals surface area contributed by atoms with Gasteiger partial charge in [-0.25, -0.2) is 18.1 Å². The largest absolute Gasteiger partial charge is 0.391 e.